The van der Waals surface area contributed by atoms with E-state index in [9.17, 15) is 15.3 Å². The van der Waals surface area contributed by atoms with Crippen LogP contribution in [0.2, 0.25) is 0 Å². The number of hydrogen-bond donors (Lipinski definition) is 8. The summed E-state index contributed by atoms with van der Waals surface area (Å²) in [4.78, 5) is 0. The Morgan fingerprint density at radius 1 is 1.00 bits per heavy atom. The fourth-order valence-corrected chi connectivity index (χ4v) is 5.32. The van der Waals surface area contributed by atoms with Gasteiger partial charge in [-0.05, 0) is 53.0 Å². The molecule has 11 nitrogen and oxygen atoms in total. The maximum absolute atomic E-state index is 11.1. The summed E-state index contributed by atoms with van der Waals surface area (Å²) in [6, 6.07) is -2.18. The minimum atomic E-state index is -1.14. The van der Waals surface area contributed by atoms with Crippen LogP contribution in [0.1, 0.15) is 46.0 Å². The summed E-state index contributed by atoms with van der Waals surface area (Å²) < 4.78 is 18.2. The van der Waals surface area contributed by atoms with Crippen LogP contribution in [-0.4, -0.2) is 101 Å². The van der Waals surface area contributed by atoms with Crippen LogP contribution in [0.5, 0.6) is 0 Å². The monoisotopic (exact) mass is 461 g/mol. The van der Waals surface area contributed by atoms with Crippen LogP contribution in [0.4, 0.5) is 0 Å². The molecule has 2 saturated carbocycles. The zero-order chi connectivity index (χ0) is 23.8. The van der Waals surface area contributed by atoms with Gasteiger partial charge in [-0.3, -0.25) is 0 Å². The van der Waals surface area contributed by atoms with E-state index in [0.717, 1.165) is 6.42 Å². The molecular weight excluding hydrogens is 418 g/mol. The van der Waals surface area contributed by atoms with Crippen molar-refractivity contribution in [3.63, 3.8) is 0 Å². The second-order valence-electron chi connectivity index (χ2n) is 10.1. The van der Waals surface area contributed by atoms with Crippen LogP contribution in [0, 0.1) is 0 Å². The minimum Gasteiger partial charge on any atom is -0.389 e. The van der Waals surface area contributed by atoms with E-state index in [1.54, 1.807) is 14.0 Å². The van der Waals surface area contributed by atoms with E-state index in [1.165, 1.54) is 0 Å². The van der Waals surface area contributed by atoms with Crippen LogP contribution in [-0.2, 0) is 14.2 Å². The molecule has 1 heterocycles. The first-order valence-corrected chi connectivity index (χ1v) is 11.7. The van der Waals surface area contributed by atoms with Crippen molar-refractivity contribution in [1.82, 2.24) is 5.32 Å². The van der Waals surface area contributed by atoms with Crippen molar-refractivity contribution in [3.8, 4) is 0 Å². The number of nitrogens with one attached hydrogen (secondary N) is 1. The van der Waals surface area contributed by atoms with Crippen LogP contribution >= 0.6 is 0 Å². The predicted octanol–water partition coefficient (Wildman–Crippen LogP) is -2.78. The predicted molar refractivity (Wildman–Crippen MR) is 118 cm³/mol. The van der Waals surface area contributed by atoms with Crippen molar-refractivity contribution in [2.24, 2.45) is 22.9 Å². The smallest absolute Gasteiger partial charge is 0.173 e. The van der Waals surface area contributed by atoms with Gasteiger partial charge in [-0.15, -0.1) is 0 Å². The quantitative estimate of drug-likeness (QED) is 0.203. The molecule has 0 aromatic heterocycles. The molecule has 2 aliphatic carbocycles. The minimum absolute atomic E-state index is 0.173. The van der Waals surface area contributed by atoms with E-state index in [1.807, 2.05) is 6.92 Å². The Hall–Kier alpha value is -0.440. The average Bonchev–Trinajstić information content (AvgIpc) is 2.71. The van der Waals surface area contributed by atoms with Crippen molar-refractivity contribution in [2.75, 3.05) is 7.05 Å². The van der Waals surface area contributed by atoms with Gasteiger partial charge in [-0.1, -0.05) is 0 Å². The highest BCUT2D eigenvalue weighted by atomic mass is 16.7. The van der Waals surface area contributed by atoms with E-state index in [2.05, 4.69) is 5.32 Å². The number of aliphatic hydroxyl groups is 3. The van der Waals surface area contributed by atoms with E-state index in [-0.39, 0.29) is 18.2 Å². The lowest BCUT2D eigenvalue weighted by Gasteiger charge is -2.48. The van der Waals surface area contributed by atoms with Crippen LogP contribution in [0.3, 0.4) is 0 Å². The molecule has 0 bridgehead atoms. The standard InChI is InChI=1S/C21H43N5O6/c1-9(22)13-5-4-10(23)20(31-13)32-18-12(25)8-11(24)17(16(18)28)30-14-6-7-21(2,29)19(26-3)15(14)27/h9-20,26-29H,4-8,22-25H2,1-3H3/t9-,10?,11-,12+,13?,14+,15?,16?,17+,18?,19-,20-,21+/m1/s1. The fraction of sp³-hybridized carbons (Fsp3) is 1.00. The van der Waals surface area contributed by atoms with Gasteiger partial charge in [0.25, 0.3) is 0 Å². The highest BCUT2D eigenvalue weighted by Gasteiger charge is 2.50. The molecule has 3 aliphatic rings. The lowest BCUT2D eigenvalue weighted by atomic mass is 9.77. The van der Waals surface area contributed by atoms with E-state index < -0.39 is 60.5 Å². The highest BCUT2D eigenvalue weighted by molar-refractivity contribution is 5.03. The molecule has 1 saturated heterocycles. The molecule has 0 spiro atoms. The number of aliphatic hydroxyl groups excluding tert-OH is 2. The molecular formula is C21H43N5O6. The molecule has 11 heteroatoms. The molecule has 3 fully saturated rings. The molecule has 0 aromatic carbocycles. The van der Waals surface area contributed by atoms with E-state index >= 15 is 0 Å². The topological polar surface area (TPSA) is 204 Å². The molecule has 13 atom stereocenters. The third-order valence-corrected chi connectivity index (χ3v) is 7.35. The first-order valence-electron chi connectivity index (χ1n) is 11.7. The van der Waals surface area contributed by atoms with Crippen molar-refractivity contribution in [3.05, 3.63) is 0 Å². The Kier molecular flexibility index (Phi) is 8.54. The van der Waals surface area contributed by atoms with Gasteiger partial charge in [0.1, 0.15) is 18.3 Å². The second-order valence-corrected chi connectivity index (χ2v) is 10.1. The summed E-state index contributed by atoms with van der Waals surface area (Å²) >= 11 is 0. The van der Waals surface area contributed by atoms with Crippen molar-refractivity contribution >= 4 is 0 Å². The van der Waals surface area contributed by atoms with Gasteiger partial charge in [0.2, 0.25) is 0 Å². The summed E-state index contributed by atoms with van der Waals surface area (Å²) in [6.07, 6.45) is -2.60. The second kappa shape index (κ2) is 10.4. The highest BCUT2D eigenvalue weighted by Crippen LogP contribution is 2.34. The number of rotatable bonds is 6. The number of ether oxygens (including phenoxy) is 3. The van der Waals surface area contributed by atoms with Crippen molar-refractivity contribution < 1.29 is 29.5 Å². The molecule has 0 amide bonds. The summed E-state index contributed by atoms with van der Waals surface area (Å²) in [5.41, 5.74) is 23.7. The zero-order valence-corrected chi connectivity index (χ0v) is 19.3. The third-order valence-electron chi connectivity index (χ3n) is 7.35. The Morgan fingerprint density at radius 2 is 1.62 bits per heavy atom. The number of hydrogen-bond acceptors (Lipinski definition) is 11. The largest absolute Gasteiger partial charge is 0.389 e. The van der Waals surface area contributed by atoms with Gasteiger partial charge in [0, 0.05) is 18.1 Å². The first kappa shape index (κ1) is 26.2. The Labute approximate surface area is 190 Å². The molecule has 12 N–H and O–H groups in total. The molecule has 188 valence electrons. The van der Waals surface area contributed by atoms with E-state index in [4.69, 9.17) is 37.1 Å². The SMILES string of the molecule is CN[C@@H]1C(O)[C@@H](O[C@@H]2C(O)C(O[C@H]3OC([C@@H](C)N)CCC3N)[C@@H](N)C[C@H]2N)CC[C@]1(C)O. The Morgan fingerprint density at radius 3 is 2.22 bits per heavy atom. The van der Waals surface area contributed by atoms with Crippen LogP contribution < -0.4 is 28.3 Å². The lowest BCUT2D eigenvalue weighted by Crippen LogP contribution is -2.67. The zero-order valence-electron chi connectivity index (χ0n) is 19.3. The van der Waals surface area contributed by atoms with Crippen molar-refractivity contribution in [1.29, 1.82) is 0 Å². The van der Waals surface area contributed by atoms with Gasteiger partial charge in [-0.2, -0.15) is 0 Å². The summed E-state index contributed by atoms with van der Waals surface area (Å²) in [6.45, 7) is 3.55. The average molecular weight is 462 g/mol. The molecule has 1 aliphatic heterocycles. The van der Waals surface area contributed by atoms with E-state index in [0.29, 0.717) is 25.7 Å². The van der Waals surface area contributed by atoms with Gasteiger partial charge in [-0.25, -0.2) is 0 Å². The van der Waals surface area contributed by atoms with Gasteiger partial charge in [0.05, 0.1) is 36.0 Å². The van der Waals surface area contributed by atoms with Crippen LogP contribution in [0.15, 0.2) is 0 Å². The fourth-order valence-electron chi connectivity index (χ4n) is 5.32. The van der Waals surface area contributed by atoms with Crippen molar-refractivity contribution in [2.45, 2.75) is 125 Å². The maximum atomic E-state index is 11.1. The molecule has 32 heavy (non-hydrogen) atoms. The summed E-state index contributed by atoms with van der Waals surface area (Å²) in [5.74, 6) is 0. The third kappa shape index (κ3) is 5.44. The normalized spacial score (nSPS) is 51.4. The number of nitrogens with two attached hydrogens (primary N) is 4. The Balaban J connectivity index is 1.69. The van der Waals surface area contributed by atoms with Gasteiger partial charge < -0.3 is 57.8 Å². The molecule has 5 unspecified atom stereocenters. The summed E-state index contributed by atoms with van der Waals surface area (Å²) in [5, 5.41) is 35.4. The molecule has 3 rings (SSSR count). The van der Waals surface area contributed by atoms with Gasteiger partial charge >= 0.3 is 0 Å². The molecule has 0 radical (unpaired) electrons. The maximum Gasteiger partial charge on any atom is 0.173 e. The first-order chi connectivity index (χ1) is 15.0. The lowest BCUT2D eigenvalue weighted by molar-refractivity contribution is -0.265. The molecule has 0 aromatic rings. The van der Waals surface area contributed by atoms with Gasteiger partial charge in [0.15, 0.2) is 6.29 Å². The van der Waals surface area contributed by atoms with Crippen LogP contribution in [0.25, 0.3) is 0 Å². The summed E-state index contributed by atoms with van der Waals surface area (Å²) in [7, 11) is 1.68. The Bertz CT molecular complexity index is 613. The number of likely N-dealkylation sites (N-methyl/N-ethyl adjacent to an activating group) is 1.